The van der Waals surface area contributed by atoms with E-state index in [9.17, 15) is 0 Å². The average molecular weight is 253 g/mol. The minimum atomic E-state index is 0.225. The highest BCUT2D eigenvalue weighted by Gasteiger charge is 2.02. The Hall–Kier alpha value is -0.510. The molecule has 0 saturated carbocycles. The van der Waals surface area contributed by atoms with E-state index in [2.05, 4.69) is 43.4 Å². The highest BCUT2D eigenvalue weighted by atomic mass is 32.2. The Labute approximate surface area is 109 Å². The van der Waals surface area contributed by atoms with E-state index >= 15 is 0 Å². The van der Waals surface area contributed by atoms with E-state index in [0.717, 1.165) is 13.1 Å². The molecule has 0 heterocycles. The second-order valence-electron chi connectivity index (χ2n) is 4.78. The first-order chi connectivity index (χ1) is 8.11. The molecule has 1 aromatic carbocycles. The maximum Gasteiger partial charge on any atom is 0.0550 e. The molecule has 0 spiro atoms. The molecular weight excluding hydrogens is 230 g/mol. The first-order valence-electron chi connectivity index (χ1n) is 6.19. The second kappa shape index (κ2) is 7.75. The van der Waals surface area contributed by atoms with Gasteiger partial charge < -0.3 is 10.4 Å². The summed E-state index contributed by atoms with van der Waals surface area (Å²) in [6, 6.07) is 8.56. The molecule has 0 aliphatic heterocycles. The van der Waals surface area contributed by atoms with E-state index in [1.807, 2.05) is 6.92 Å². The van der Waals surface area contributed by atoms with Crippen LogP contribution < -0.4 is 5.32 Å². The van der Waals surface area contributed by atoms with E-state index in [0.29, 0.717) is 5.92 Å². The summed E-state index contributed by atoms with van der Waals surface area (Å²) in [7, 11) is 0. The zero-order valence-corrected chi connectivity index (χ0v) is 11.8. The van der Waals surface area contributed by atoms with Crippen molar-refractivity contribution in [3.8, 4) is 0 Å². The molecule has 1 unspecified atom stereocenters. The lowest BCUT2D eigenvalue weighted by molar-refractivity contribution is 0.300. The predicted octanol–water partition coefficient (Wildman–Crippen LogP) is 2.91. The topological polar surface area (TPSA) is 32.3 Å². The normalized spacial score (nSPS) is 13.0. The Balaban J connectivity index is 2.39. The third-order valence-electron chi connectivity index (χ3n) is 2.40. The van der Waals surface area contributed by atoms with Gasteiger partial charge in [0.25, 0.3) is 0 Å². The van der Waals surface area contributed by atoms with E-state index in [1.165, 1.54) is 10.5 Å². The van der Waals surface area contributed by atoms with Gasteiger partial charge in [-0.2, -0.15) is 0 Å². The Bertz CT molecular complexity index is 311. The molecule has 0 bridgehead atoms. The molecule has 96 valence electrons. The number of nitrogens with one attached hydrogen (secondary N) is 1. The first kappa shape index (κ1) is 14.6. The monoisotopic (exact) mass is 253 g/mol. The standard InChI is InChI=1S/C14H23NOS/c1-11(2)8-15-9-13-4-6-14(7-5-13)17-12(3)10-16/h4-7,11-12,15-16H,8-10H2,1-3H3. The third-order valence-corrected chi connectivity index (χ3v) is 3.50. The van der Waals surface area contributed by atoms with Gasteiger partial charge in [-0.1, -0.05) is 32.9 Å². The van der Waals surface area contributed by atoms with Crippen LogP contribution in [0.5, 0.6) is 0 Å². The van der Waals surface area contributed by atoms with Gasteiger partial charge in [-0.15, -0.1) is 11.8 Å². The summed E-state index contributed by atoms with van der Waals surface area (Å²) in [5, 5.41) is 12.7. The number of benzene rings is 1. The summed E-state index contributed by atoms with van der Waals surface area (Å²) in [6.45, 7) is 8.66. The number of thioether (sulfide) groups is 1. The van der Waals surface area contributed by atoms with Gasteiger partial charge in [0.1, 0.15) is 0 Å². The SMILES string of the molecule is CC(C)CNCc1ccc(SC(C)CO)cc1. The minimum absolute atomic E-state index is 0.225. The summed E-state index contributed by atoms with van der Waals surface area (Å²) in [4.78, 5) is 1.22. The summed E-state index contributed by atoms with van der Waals surface area (Å²) in [5.41, 5.74) is 1.31. The largest absolute Gasteiger partial charge is 0.395 e. The van der Waals surface area contributed by atoms with Gasteiger partial charge >= 0.3 is 0 Å². The van der Waals surface area contributed by atoms with Crippen molar-refractivity contribution < 1.29 is 5.11 Å². The van der Waals surface area contributed by atoms with Crippen LogP contribution in [0.3, 0.4) is 0 Å². The zero-order valence-electron chi connectivity index (χ0n) is 10.9. The fourth-order valence-electron chi connectivity index (χ4n) is 1.46. The predicted molar refractivity (Wildman–Crippen MR) is 75.4 cm³/mol. The van der Waals surface area contributed by atoms with Crippen molar-refractivity contribution in [2.45, 2.75) is 37.5 Å². The Morgan fingerprint density at radius 3 is 2.35 bits per heavy atom. The van der Waals surface area contributed by atoms with Crippen molar-refractivity contribution in [1.82, 2.24) is 5.32 Å². The van der Waals surface area contributed by atoms with Crippen molar-refractivity contribution in [3.63, 3.8) is 0 Å². The summed E-state index contributed by atoms with van der Waals surface area (Å²) in [5.74, 6) is 0.690. The molecule has 0 saturated heterocycles. The summed E-state index contributed by atoms with van der Waals surface area (Å²) < 4.78 is 0. The molecule has 0 radical (unpaired) electrons. The van der Waals surface area contributed by atoms with Crippen LogP contribution in [0.25, 0.3) is 0 Å². The van der Waals surface area contributed by atoms with Crippen LogP contribution in [-0.2, 0) is 6.54 Å². The van der Waals surface area contributed by atoms with E-state index in [-0.39, 0.29) is 11.9 Å². The lowest BCUT2D eigenvalue weighted by Gasteiger charge is -2.09. The minimum Gasteiger partial charge on any atom is -0.395 e. The van der Waals surface area contributed by atoms with Crippen molar-refractivity contribution in [1.29, 1.82) is 0 Å². The number of rotatable bonds is 7. The van der Waals surface area contributed by atoms with Crippen LogP contribution in [0, 0.1) is 5.92 Å². The number of hydrogen-bond acceptors (Lipinski definition) is 3. The number of hydrogen-bond donors (Lipinski definition) is 2. The van der Waals surface area contributed by atoms with Gasteiger partial charge in [0.15, 0.2) is 0 Å². The van der Waals surface area contributed by atoms with Gasteiger partial charge in [-0.05, 0) is 30.2 Å². The molecule has 2 nitrogen and oxygen atoms in total. The fourth-order valence-corrected chi connectivity index (χ4v) is 2.29. The van der Waals surface area contributed by atoms with Crippen LogP contribution in [-0.4, -0.2) is 23.5 Å². The van der Waals surface area contributed by atoms with Crippen LogP contribution in [0.4, 0.5) is 0 Å². The zero-order chi connectivity index (χ0) is 12.7. The lowest BCUT2D eigenvalue weighted by atomic mass is 10.2. The third kappa shape index (κ3) is 6.10. The van der Waals surface area contributed by atoms with Crippen molar-refractivity contribution in [3.05, 3.63) is 29.8 Å². The Morgan fingerprint density at radius 2 is 1.82 bits per heavy atom. The number of aliphatic hydroxyl groups excluding tert-OH is 1. The number of aliphatic hydroxyl groups is 1. The molecule has 2 N–H and O–H groups in total. The van der Waals surface area contributed by atoms with E-state index in [4.69, 9.17) is 5.11 Å². The molecule has 1 atom stereocenters. The summed E-state index contributed by atoms with van der Waals surface area (Å²) >= 11 is 1.71. The molecule has 0 aliphatic rings. The molecule has 3 heteroatoms. The van der Waals surface area contributed by atoms with Crippen molar-refractivity contribution in [2.75, 3.05) is 13.2 Å². The molecule has 0 aromatic heterocycles. The first-order valence-corrected chi connectivity index (χ1v) is 7.07. The maximum absolute atomic E-state index is 8.99. The van der Waals surface area contributed by atoms with E-state index in [1.54, 1.807) is 11.8 Å². The van der Waals surface area contributed by atoms with Gasteiger partial charge in [0, 0.05) is 16.7 Å². The van der Waals surface area contributed by atoms with Gasteiger partial charge in [-0.25, -0.2) is 0 Å². The van der Waals surface area contributed by atoms with Crippen molar-refractivity contribution in [2.24, 2.45) is 5.92 Å². The quantitative estimate of drug-likeness (QED) is 0.733. The molecular formula is C14H23NOS. The molecule has 0 amide bonds. The lowest BCUT2D eigenvalue weighted by Crippen LogP contribution is -2.18. The van der Waals surface area contributed by atoms with Crippen molar-refractivity contribution >= 4 is 11.8 Å². The van der Waals surface area contributed by atoms with Crippen LogP contribution >= 0.6 is 11.8 Å². The molecule has 17 heavy (non-hydrogen) atoms. The van der Waals surface area contributed by atoms with Gasteiger partial charge in [0.05, 0.1) is 6.61 Å². The van der Waals surface area contributed by atoms with Gasteiger partial charge in [0.2, 0.25) is 0 Å². The molecule has 1 rings (SSSR count). The highest BCUT2D eigenvalue weighted by molar-refractivity contribution is 8.00. The van der Waals surface area contributed by atoms with Crippen LogP contribution in [0.2, 0.25) is 0 Å². The maximum atomic E-state index is 8.99. The van der Waals surface area contributed by atoms with Gasteiger partial charge in [-0.3, -0.25) is 0 Å². The Morgan fingerprint density at radius 1 is 1.18 bits per heavy atom. The fraction of sp³-hybridized carbons (Fsp3) is 0.571. The summed E-state index contributed by atoms with van der Waals surface area (Å²) in [6.07, 6.45) is 0. The van der Waals surface area contributed by atoms with Crippen LogP contribution in [0.1, 0.15) is 26.3 Å². The molecule has 0 aliphatic carbocycles. The van der Waals surface area contributed by atoms with Crippen LogP contribution in [0.15, 0.2) is 29.2 Å². The second-order valence-corrected chi connectivity index (χ2v) is 6.29. The average Bonchev–Trinajstić information content (AvgIpc) is 2.31. The smallest absolute Gasteiger partial charge is 0.0550 e. The Kier molecular flexibility index (Phi) is 6.63. The van der Waals surface area contributed by atoms with E-state index < -0.39 is 0 Å². The highest BCUT2D eigenvalue weighted by Crippen LogP contribution is 2.22. The molecule has 0 fully saturated rings. The molecule has 1 aromatic rings.